The Morgan fingerprint density at radius 1 is 1.00 bits per heavy atom. The van der Waals surface area contributed by atoms with Crippen molar-refractivity contribution in [2.24, 2.45) is 0 Å². The second-order valence-corrected chi connectivity index (χ2v) is 8.58. The normalized spacial score (nSPS) is 25.4. The van der Waals surface area contributed by atoms with Gasteiger partial charge in [-0.15, -0.1) is 0 Å². The number of halogens is 1. The van der Waals surface area contributed by atoms with Crippen LogP contribution >= 0.6 is 0 Å². The van der Waals surface area contributed by atoms with Crippen molar-refractivity contribution in [1.82, 2.24) is 9.88 Å². The van der Waals surface area contributed by atoms with Crippen LogP contribution in [0.2, 0.25) is 0 Å². The lowest BCUT2D eigenvalue weighted by Crippen LogP contribution is -2.39. The molecule has 5 rings (SSSR count). The summed E-state index contributed by atoms with van der Waals surface area (Å²) < 4.78 is 13.1. The molecule has 1 aromatic heterocycles. The summed E-state index contributed by atoms with van der Waals surface area (Å²) >= 11 is 0. The standard InChI is InChI=1S/C23H29FN4/c1-17-3-2-10-28(17)22-9-12-26(16-22)21-6-4-19-15-27(11-8-18(19)13-21)23-7-5-20(24)14-25-23/h4-7,13-14,17,22H,2-3,8-12,15-16H2,1H3/t17-,22-/m0/s1. The highest BCUT2D eigenvalue weighted by atomic mass is 19.1. The minimum atomic E-state index is -0.280. The van der Waals surface area contributed by atoms with Gasteiger partial charge in [0.2, 0.25) is 0 Å². The summed E-state index contributed by atoms with van der Waals surface area (Å²) in [6.45, 7) is 7.77. The van der Waals surface area contributed by atoms with Crippen LogP contribution in [-0.2, 0) is 13.0 Å². The molecule has 0 N–H and O–H groups in total. The van der Waals surface area contributed by atoms with Crippen molar-refractivity contribution >= 4 is 11.5 Å². The van der Waals surface area contributed by atoms with E-state index >= 15 is 0 Å². The van der Waals surface area contributed by atoms with Gasteiger partial charge in [-0.1, -0.05) is 6.07 Å². The molecule has 5 heteroatoms. The predicted molar refractivity (Wildman–Crippen MR) is 111 cm³/mol. The highest BCUT2D eigenvalue weighted by Crippen LogP contribution is 2.31. The topological polar surface area (TPSA) is 22.6 Å². The van der Waals surface area contributed by atoms with Gasteiger partial charge < -0.3 is 9.80 Å². The molecule has 28 heavy (non-hydrogen) atoms. The van der Waals surface area contributed by atoms with Crippen LogP contribution in [0.5, 0.6) is 0 Å². The Bertz CT molecular complexity index is 837. The van der Waals surface area contributed by atoms with Crippen molar-refractivity contribution in [2.45, 2.75) is 51.2 Å². The first-order valence-electron chi connectivity index (χ1n) is 10.7. The zero-order chi connectivity index (χ0) is 19.1. The SMILES string of the molecule is C[C@H]1CCCN1[C@H]1CCN(c2ccc3c(c2)CCN(c2ccc(F)cn2)C3)C1. The Morgan fingerprint density at radius 2 is 1.93 bits per heavy atom. The van der Waals surface area contributed by atoms with Crippen molar-refractivity contribution in [3.63, 3.8) is 0 Å². The Morgan fingerprint density at radius 3 is 2.71 bits per heavy atom. The van der Waals surface area contributed by atoms with Gasteiger partial charge in [-0.3, -0.25) is 4.90 Å². The Labute approximate surface area is 167 Å². The largest absolute Gasteiger partial charge is 0.370 e. The van der Waals surface area contributed by atoms with E-state index in [0.717, 1.165) is 44.5 Å². The molecule has 2 atom stereocenters. The third kappa shape index (κ3) is 3.37. The van der Waals surface area contributed by atoms with Gasteiger partial charge in [-0.25, -0.2) is 9.37 Å². The second kappa shape index (κ2) is 7.36. The van der Waals surface area contributed by atoms with Gasteiger partial charge in [0.1, 0.15) is 11.6 Å². The molecule has 3 aliphatic rings. The predicted octanol–water partition coefficient (Wildman–Crippen LogP) is 3.85. The number of anilines is 2. The highest BCUT2D eigenvalue weighted by molar-refractivity contribution is 5.54. The van der Waals surface area contributed by atoms with E-state index < -0.39 is 0 Å². The van der Waals surface area contributed by atoms with Crippen molar-refractivity contribution < 1.29 is 4.39 Å². The van der Waals surface area contributed by atoms with E-state index in [0.29, 0.717) is 6.04 Å². The summed E-state index contributed by atoms with van der Waals surface area (Å²) in [7, 11) is 0. The van der Waals surface area contributed by atoms with Gasteiger partial charge >= 0.3 is 0 Å². The zero-order valence-corrected chi connectivity index (χ0v) is 16.6. The van der Waals surface area contributed by atoms with Crippen LogP contribution in [-0.4, -0.2) is 48.1 Å². The van der Waals surface area contributed by atoms with Gasteiger partial charge in [0, 0.05) is 44.0 Å². The molecular formula is C23H29FN4. The molecule has 0 spiro atoms. The fourth-order valence-electron chi connectivity index (χ4n) is 5.23. The van der Waals surface area contributed by atoms with Crippen LogP contribution in [0.25, 0.3) is 0 Å². The van der Waals surface area contributed by atoms with Gasteiger partial charge in [0.05, 0.1) is 6.20 Å². The Hall–Kier alpha value is -2.14. The minimum absolute atomic E-state index is 0.280. The number of pyridine rings is 1. The lowest BCUT2D eigenvalue weighted by molar-refractivity contribution is 0.204. The minimum Gasteiger partial charge on any atom is -0.370 e. The number of hydrogen-bond donors (Lipinski definition) is 0. The smallest absolute Gasteiger partial charge is 0.141 e. The maximum Gasteiger partial charge on any atom is 0.141 e. The first-order chi connectivity index (χ1) is 13.7. The average molecular weight is 381 g/mol. The third-order valence-corrected chi connectivity index (χ3v) is 6.84. The van der Waals surface area contributed by atoms with Gasteiger partial charge in [0.15, 0.2) is 0 Å². The second-order valence-electron chi connectivity index (χ2n) is 8.58. The van der Waals surface area contributed by atoms with Crippen LogP contribution in [0.1, 0.15) is 37.3 Å². The number of aromatic nitrogens is 1. The van der Waals surface area contributed by atoms with Crippen LogP contribution in [0.15, 0.2) is 36.5 Å². The molecule has 0 bridgehead atoms. The molecule has 3 aliphatic heterocycles. The number of nitrogens with zero attached hydrogens (tertiary/aromatic N) is 4. The molecule has 0 unspecified atom stereocenters. The quantitative estimate of drug-likeness (QED) is 0.807. The van der Waals surface area contributed by atoms with Gasteiger partial charge in [-0.05, 0) is 74.5 Å². The molecule has 4 nitrogen and oxygen atoms in total. The zero-order valence-electron chi connectivity index (χ0n) is 16.6. The molecule has 1 aromatic carbocycles. The molecule has 148 valence electrons. The van der Waals surface area contributed by atoms with E-state index in [1.165, 1.54) is 54.9 Å². The molecular weight excluding hydrogens is 351 g/mol. The summed E-state index contributed by atoms with van der Waals surface area (Å²) in [5.41, 5.74) is 4.19. The summed E-state index contributed by atoms with van der Waals surface area (Å²) in [4.78, 5) is 11.8. The van der Waals surface area contributed by atoms with Crippen molar-refractivity contribution in [3.05, 3.63) is 53.5 Å². The Balaban J connectivity index is 1.28. The molecule has 0 amide bonds. The average Bonchev–Trinajstić information content (AvgIpc) is 3.36. The van der Waals surface area contributed by atoms with E-state index in [1.807, 2.05) is 0 Å². The van der Waals surface area contributed by atoms with Crippen molar-refractivity contribution in [2.75, 3.05) is 36.0 Å². The number of likely N-dealkylation sites (tertiary alicyclic amines) is 1. The van der Waals surface area contributed by atoms with E-state index in [2.05, 4.69) is 44.8 Å². The number of benzene rings is 1. The van der Waals surface area contributed by atoms with Crippen LogP contribution in [0.4, 0.5) is 15.9 Å². The van der Waals surface area contributed by atoms with Crippen LogP contribution < -0.4 is 9.80 Å². The first kappa shape index (κ1) is 17.9. The lowest BCUT2D eigenvalue weighted by atomic mass is 9.98. The van der Waals surface area contributed by atoms with Crippen molar-refractivity contribution in [3.8, 4) is 0 Å². The lowest BCUT2D eigenvalue weighted by Gasteiger charge is -2.31. The molecule has 0 radical (unpaired) electrons. The summed E-state index contributed by atoms with van der Waals surface area (Å²) in [5.74, 6) is 0.580. The molecule has 2 saturated heterocycles. The third-order valence-electron chi connectivity index (χ3n) is 6.84. The fraction of sp³-hybridized carbons (Fsp3) is 0.522. The summed E-state index contributed by atoms with van der Waals surface area (Å²) in [6.07, 6.45) is 6.32. The fourth-order valence-corrected chi connectivity index (χ4v) is 5.23. The number of fused-ring (bicyclic) bond motifs is 1. The highest BCUT2D eigenvalue weighted by Gasteiger charge is 2.33. The van der Waals surface area contributed by atoms with Crippen LogP contribution in [0.3, 0.4) is 0 Å². The molecule has 0 aliphatic carbocycles. The van der Waals surface area contributed by atoms with E-state index in [9.17, 15) is 4.39 Å². The van der Waals surface area contributed by atoms with Crippen molar-refractivity contribution in [1.29, 1.82) is 0 Å². The summed E-state index contributed by atoms with van der Waals surface area (Å²) in [5, 5.41) is 0. The first-order valence-corrected chi connectivity index (χ1v) is 10.7. The van der Waals surface area contributed by atoms with E-state index in [-0.39, 0.29) is 5.82 Å². The molecule has 2 aromatic rings. The molecule has 2 fully saturated rings. The monoisotopic (exact) mass is 380 g/mol. The van der Waals surface area contributed by atoms with E-state index in [1.54, 1.807) is 6.07 Å². The van der Waals surface area contributed by atoms with Crippen LogP contribution in [0, 0.1) is 5.82 Å². The maximum absolute atomic E-state index is 13.1. The maximum atomic E-state index is 13.1. The van der Waals surface area contributed by atoms with E-state index in [4.69, 9.17) is 0 Å². The summed E-state index contributed by atoms with van der Waals surface area (Å²) in [6, 6.07) is 11.7. The van der Waals surface area contributed by atoms with Gasteiger partial charge in [0.25, 0.3) is 0 Å². The Kier molecular flexibility index (Phi) is 4.71. The molecule has 4 heterocycles. The van der Waals surface area contributed by atoms with Gasteiger partial charge in [-0.2, -0.15) is 0 Å². The molecule has 0 saturated carbocycles. The number of rotatable bonds is 3. The number of hydrogen-bond acceptors (Lipinski definition) is 4.